The molecule has 1 heterocycles. The first-order valence-electron chi connectivity index (χ1n) is 14.7. The van der Waals surface area contributed by atoms with Gasteiger partial charge in [0.25, 0.3) is 0 Å². The summed E-state index contributed by atoms with van der Waals surface area (Å²) in [7, 11) is 0. The van der Waals surface area contributed by atoms with Crippen LogP contribution in [0.2, 0.25) is 0 Å². The molecule has 218 valence electrons. The van der Waals surface area contributed by atoms with Crippen LogP contribution in [0.3, 0.4) is 0 Å². The van der Waals surface area contributed by atoms with Gasteiger partial charge in [-0.1, -0.05) is 40.5 Å². The van der Waals surface area contributed by atoms with Gasteiger partial charge in [0.05, 0.1) is 6.10 Å². The van der Waals surface area contributed by atoms with Gasteiger partial charge in [-0.25, -0.2) is 13.6 Å². The van der Waals surface area contributed by atoms with Crippen LogP contribution in [0, 0.1) is 22.7 Å². The van der Waals surface area contributed by atoms with Gasteiger partial charge in [-0.3, -0.25) is 9.59 Å². The zero-order valence-corrected chi connectivity index (χ0v) is 23.5. The normalized spacial score (nSPS) is 48.3. The first-order valence-corrected chi connectivity index (χ1v) is 14.7. The van der Waals surface area contributed by atoms with Crippen molar-refractivity contribution in [3.63, 3.8) is 0 Å². The zero-order valence-electron chi connectivity index (χ0n) is 23.5. The number of Topliss-reactive ketones (excluding diaryl/α,β-unsaturated/α-hetero) is 1. The molecule has 10 atom stereocenters. The van der Waals surface area contributed by atoms with Crippen LogP contribution in [0.1, 0.15) is 91.9 Å². The molecular weight excluding hydrogens is 510 g/mol. The third-order valence-corrected chi connectivity index (χ3v) is 10.9. The van der Waals surface area contributed by atoms with Crippen LogP contribution in [0.25, 0.3) is 0 Å². The Morgan fingerprint density at radius 3 is 2.49 bits per heavy atom. The number of cyclic esters (lactones) is 1. The molecule has 0 aromatic rings. The lowest BCUT2D eigenvalue weighted by Crippen LogP contribution is -2.71. The van der Waals surface area contributed by atoms with Crippen LogP contribution in [0.15, 0.2) is 11.6 Å². The van der Waals surface area contributed by atoms with E-state index in [4.69, 9.17) is 14.2 Å². The van der Waals surface area contributed by atoms with E-state index in [9.17, 15) is 19.5 Å². The van der Waals surface area contributed by atoms with Crippen molar-refractivity contribution in [2.75, 3.05) is 6.61 Å². The van der Waals surface area contributed by atoms with Crippen molar-refractivity contribution >= 4 is 17.5 Å². The van der Waals surface area contributed by atoms with Crippen LogP contribution in [0.5, 0.6) is 0 Å². The molecule has 5 aliphatic rings. The lowest BCUT2D eigenvalue weighted by atomic mass is 9.43. The van der Waals surface area contributed by atoms with Crippen molar-refractivity contribution in [3.05, 3.63) is 11.6 Å². The van der Waals surface area contributed by atoms with E-state index < -0.39 is 77.0 Å². The van der Waals surface area contributed by atoms with Crippen LogP contribution in [-0.4, -0.2) is 65.2 Å². The number of allylic oxidation sites excluding steroid dienone is 1. The number of rotatable bonds is 4. The Morgan fingerprint density at radius 1 is 1.08 bits per heavy atom. The number of carbonyl (C=O) groups is 3. The first kappa shape index (κ1) is 28.8. The molecule has 0 aromatic heterocycles. The van der Waals surface area contributed by atoms with Gasteiger partial charge in [0.2, 0.25) is 5.78 Å². The summed E-state index contributed by atoms with van der Waals surface area (Å²) >= 11 is 0. The van der Waals surface area contributed by atoms with Crippen molar-refractivity contribution in [2.24, 2.45) is 22.7 Å². The average molecular weight is 553 g/mol. The van der Waals surface area contributed by atoms with Crippen LogP contribution >= 0.6 is 0 Å². The molecule has 1 spiro atoms. The lowest BCUT2D eigenvalue weighted by molar-refractivity contribution is -0.274. The molecule has 1 aliphatic heterocycles. The fourth-order valence-electron chi connectivity index (χ4n) is 8.91. The highest BCUT2D eigenvalue weighted by Crippen LogP contribution is 2.71. The van der Waals surface area contributed by atoms with E-state index in [-0.39, 0.29) is 43.5 Å². The Hall–Kier alpha value is -1.71. The minimum absolute atomic E-state index is 0.0741. The van der Waals surface area contributed by atoms with Gasteiger partial charge in [0.1, 0.15) is 17.4 Å². The molecule has 1 saturated heterocycles. The lowest BCUT2D eigenvalue weighted by Gasteiger charge is -2.64. The third-order valence-electron chi connectivity index (χ3n) is 10.9. The van der Waals surface area contributed by atoms with Gasteiger partial charge in [-0.15, -0.1) is 0 Å². The van der Waals surface area contributed by atoms with Gasteiger partial charge >= 0.3 is 5.97 Å². The van der Waals surface area contributed by atoms with Gasteiger partial charge in [0.15, 0.2) is 24.8 Å². The van der Waals surface area contributed by atoms with Crippen LogP contribution in [-0.2, 0) is 28.6 Å². The maximum atomic E-state index is 17.5. The molecule has 0 radical (unpaired) electrons. The Bertz CT molecular complexity index is 1060. The standard InChI is InChI=1S/C30H42F2O7/c1-5-7-22-26(36)37-16-24(35)29(39-25(38-22)8-6-2)12-10-18-19-14-21(31)20-13-17(33)9-11-27(20,3)30(19,32)23(34)15-28(18,29)4/h13,18-19,21-23,25,34H,5-12,14-16H2,1-4H3/t18-,19-,21-,22?,23-,25?,27-,28-,29-,30-/m0/s1. The number of hydrogen-bond donors (Lipinski definition) is 1. The van der Waals surface area contributed by atoms with E-state index in [1.165, 1.54) is 6.08 Å². The monoisotopic (exact) mass is 552 g/mol. The van der Waals surface area contributed by atoms with Crippen molar-refractivity contribution in [1.29, 1.82) is 0 Å². The number of aliphatic hydroxyl groups excluding tert-OH is 1. The van der Waals surface area contributed by atoms with Crippen molar-refractivity contribution < 1.29 is 42.5 Å². The number of ketones is 2. The zero-order chi connectivity index (χ0) is 28.4. The van der Waals surface area contributed by atoms with E-state index in [0.717, 1.165) is 0 Å². The largest absolute Gasteiger partial charge is 0.456 e. The second kappa shape index (κ2) is 9.98. The second-order valence-electron chi connectivity index (χ2n) is 12.9. The predicted molar refractivity (Wildman–Crippen MR) is 137 cm³/mol. The summed E-state index contributed by atoms with van der Waals surface area (Å²) < 4.78 is 51.4. The number of aliphatic hydroxyl groups is 1. The van der Waals surface area contributed by atoms with Gasteiger partial charge in [0, 0.05) is 23.2 Å². The minimum atomic E-state index is -2.16. The van der Waals surface area contributed by atoms with Crippen molar-refractivity contribution in [1.82, 2.24) is 0 Å². The molecule has 0 amide bonds. The Kier molecular flexibility index (Phi) is 7.37. The molecule has 9 heteroatoms. The van der Waals surface area contributed by atoms with E-state index in [2.05, 4.69) is 0 Å². The topological polar surface area (TPSA) is 99.1 Å². The molecule has 4 aliphatic carbocycles. The van der Waals surface area contributed by atoms with E-state index in [0.29, 0.717) is 32.1 Å². The Labute approximate surface area is 229 Å². The summed E-state index contributed by atoms with van der Waals surface area (Å²) in [6, 6.07) is 0. The summed E-state index contributed by atoms with van der Waals surface area (Å²) in [6.45, 7) is 6.85. The fourth-order valence-corrected chi connectivity index (χ4v) is 8.91. The number of ether oxygens (including phenoxy) is 3. The number of fused-ring (bicyclic) bond motifs is 6. The molecule has 0 aromatic carbocycles. The summed E-state index contributed by atoms with van der Waals surface area (Å²) in [6.07, 6.45) is -0.642. The molecule has 39 heavy (non-hydrogen) atoms. The van der Waals surface area contributed by atoms with Crippen molar-refractivity contribution in [2.45, 2.75) is 128 Å². The molecule has 2 unspecified atom stereocenters. The Balaban J connectivity index is 1.56. The van der Waals surface area contributed by atoms with E-state index >= 15 is 8.78 Å². The maximum absolute atomic E-state index is 17.5. The minimum Gasteiger partial charge on any atom is -0.456 e. The van der Waals surface area contributed by atoms with Crippen LogP contribution < -0.4 is 0 Å². The number of carbonyl (C=O) groups excluding carboxylic acids is 3. The highest BCUT2D eigenvalue weighted by atomic mass is 19.1. The number of hydrogen-bond acceptors (Lipinski definition) is 7. The average Bonchev–Trinajstić information content (AvgIpc) is 3.18. The molecule has 4 fully saturated rings. The fraction of sp³-hybridized carbons (Fsp3) is 0.833. The number of alkyl halides is 2. The molecule has 5 rings (SSSR count). The van der Waals surface area contributed by atoms with Crippen molar-refractivity contribution in [3.8, 4) is 0 Å². The quantitative estimate of drug-likeness (QED) is 0.504. The maximum Gasteiger partial charge on any atom is 0.335 e. The summed E-state index contributed by atoms with van der Waals surface area (Å²) in [4.78, 5) is 38.9. The first-order chi connectivity index (χ1) is 18.4. The number of halogens is 2. The van der Waals surface area contributed by atoms with Gasteiger partial charge in [-0.2, -0.15) is 0 Å². The smallest absolute Gasteiger partial charge is 0.335 e. The van der Waals surface area contributed by atoms with E-state index in [1.807, 2.05) is 20.8 Å². The number of esters is 1. The summed E-state index contributed by atoms with van der Waals surface area (Å²) in [5, 5.41) is 11.6. The van der Waals surface area contributed by atoms with Crippen LogP contribution in [0.4, 0.5) is 8.78 Å². The summed E-state index contributed by atoms with van der Waals surface area (Å²) in [5.74, 6) is -2.59. The second-order valence-corrected chi connectivity index (χ2v) is 12.9. The van der Waals surface area contributed by atoms with Gasteiger partial charge in [-0.05, 0) is 62.5 Å². The highest BCUT2D eigenvalue weighted by Gasteiger charge is 2.76. The SMILES string of the molecule is CCCC1OC(CCC)C(=O)OCC(=O)[C@]2(CC[C@H]3[C@@H]4C[C@H](F)C5=CC(=O)CC[C@]5(C)[C@@]4(F)[C@@H](O)C[C@@]32C)O1. The van der Waals surface area contributed by atoms with E-state index in [1.54, 1.807) is 6.92 Å². The Morgan fingerprint density at radius 2 is 1.79 bits per heavy atom. The molecule has 7 nitrogen and oxygen atoms in total. The predicted octanol–water partition coefficient (Wildman–Crippen LogP) is 4.72. The molecule has 0 bridgehead atoms. The molecule has 1 N–H and O–H groups in total. The molecular formula is C30H42F2O7. The summed E-state index contributed by atoms with van der Waals surface area (Å²) in [5.41, 5.74) is -5.85. The van der Waals surface area contributed by atoms with Gasteiger partial charge < -0.3 is 19.3 Å². The highest BCUT2D eigenvalue weighted by molar-refractivity contribution is 5.93. The third kappa shape index (κ3) is 4.00. The molecule has 3 saturated carbocycles.